The number of hydrogen-bond donors (Lipinski definition) is 1. The molecule has 8 heteroatoms. The van der Waals surface area contributed by atoms with Gasteiger partial charge in [-0.05, 0) is 61.2 Å². The average Bonchev–Trinajstić information content (AvgIpc) is 3.27. The summed E-state index contributed by atoms with van der Waals surface area (Å²) < 4.78 is 45.5. The number of ether oxygens (including phenoxy) is 4. The Labute approximate surface area is 174 Å². The molecular weight excluding hydrogens is 396 g/mol. The van der Waals surface area contributed by atoms with Crippen molar-refractivity contribution >= 4 is 5.91 Å². The first-order chi connectivity index (χ1) is 14.5. The van der Waals surface area contributed by atoms with E-state index in [-0.39, 0.29) is 23.5 Å². The molecule has 1 aliphatic rings. The van der Waals surface area contributed by atoms with Crippen LogP contribution in [0.1, 0.15) is 28.8 Å². The van der Waals surface area contributed by atoms with Crippen LogP contribution in [0.4, 0.5) is 8.78 Å². The maximum absolute atomic E-state index is 12.4. The Morgan fingerprint density at radius 1 is 1.20 bits per heavy atom. The molecule has 6 nitrogen and oxygen atoms in total. The van der Waals surface area contributed by atoms with Gasteiger partial charge >= 0.3 is 6.61 Å². The van der Waals surface area contributed by atoms with Crippen molar-refractivity contribution in [1.29, 1.82) is 0 Å². The van der Waals surface area contributed by atoms with Crippen molar-refractivity contribution in [2.45, 2.75) is 32.0 Å². The molecule has 1 amide bonds. The molecule has 1 heterocycles. The highest BCUT2D eigenvalue weighted by atomic mass is 19.3. The highest BCUT2D eigenvalue weighted by molar-refractivity contribution is 5.94. The minimum atomic E-state index is -2.92. The maximum Gasteiger partial charge on any atom is 0.387 e. The number of nitrogens with one attached hydrogen (secondary N) is 1. The summed E-state index contributed by atoms with van der Waals surface area (Å²) >= 11 is 0. The topological polar surface area (TPSA) is 66.0 Å². The zero-order chi connectivity index (χ0) is 21.3. The predicted molar refractivity (Wildman–Crippen MR) is 107 cm³/mol. The lowest BCUT2D eigenvalue weighted by molar-refractivity contribution is -0.0512. The predicted octanol–water partition coefficient (Wildman–Crippen LogP) is 3.83. The third-order valence-corrected chi connectivity index (χ3v) is 4.72. The summed E-state index contributed by atoms with van der Waals surface area (Å²) in [5, 5.41) is 2.84. The lowest BCUT2D eigenvalue weighted by Gasteiger charge is -2.12. The molecule has 162 valence electrons. The number of amides is 1. The summed E-state index contributed by atoms with van der Waals surface area (Å²) in [5.41, 5.74) is 1.35. The molecule has 2 aromatic rings. The van der Waals surface area contributed by atoms with Gasteiger partial charge in [0.1, 0.15) is 12.4 Å². The molecule has 1 fully saturated rings. The molecule has 0 spiro atoms. The van der Waals surface area contributed by atoms with Gasteiger partial charge in [0.05, 0.1) is 13.2 Å². The fraction of sp³-hybridized carbons (Fsp3) is 0.409. The Balaban J connectivity index is 1.46. The Morgan fingerprint density at radius 2 is 2.00 bits per heavy atom. The molecule has 2 aromatic carbocycles. The largest absolute Gasteiger partial charge is 0.493 e. The van der Waals surface area contributed by atoms with Gasteiger partial charge in [-0.3, -0.25) is 4.79 Å². The molecule has 1 aliphatic heterocycles. The maximum atomic E-state index is 12.4. The second-order valence-electron chi connectivity index (χ2n) is 6.84. The van der Waals surface area contributed by atoms with Crippen LogP contribution in [-0.4, -0.2) is 45.5 Å². The number of rotatable bonds is 10. The Kier molecular flexibility index (Phi) is 7.84. The van der Waals surface area contributed by atoms with Crippen LogP contribution in [0.5, 0.6) is 17.2 Å². The molecule has 1 saturated heterocycles. The third-order valence-electron chi connectivity index (χ3n) is 4.72. The fourth-order valence-corrected chi connectivity index (χ4v) is 3.15. The summed E-state index contributed by atoms with van der Waals surface area (Å²) in [6.45, 7) is -1.24. The molecule has 3 rings (SSSR count). The summed E-state index contributed by atoms with van der Waals surface area (Å²) in [7, 11) is 1.38. The molecular formula is C22H25F2NO5. The molecule has 0 radical (unpaired) electrons. The average molecular weight is 421 g/mol. The molecule has 0 bridgehead atoms. The van der Waals surface area contributed by atoms with Crippen LogP contribution >= 0.6 is 0 Å². The van der Waals surface area contributed by atoms with Crippen molar-refractivity contribution in [2.75, 3.05) is 26.9 Å². The summed E-state index contributed by atoms with van der Waals surface area (Å²) in [5.74, 6) is 0.686. The minimum absolute atomic E-state index is 0.0258. The Bertz CT molecular complexity index is 823. The van der Waals surface area contributed by atoms with Gasteiger partial charge in [0.15, 0.2) is 11.5 Å². The van der Waals surface area contributed by atoms with Gasteiger partial charge in [0.2, 0.25) is 0 Å². The standard InChI is InChI=1S/C22H25F2NO5/c1-27-20-13-15(4-9-19(20)30-22(23)24)10-11-25-21(26)16-5-7-17(8-6-16)29-14-18-3-2-12-28-18/h4-9,13,18,22H,2-3,10-12,14H2,1H3,(H,25,26). The number of carbonyl (C=O) groups excluding carboxylic acids is 1. The number of halogens is 2. The molecule has 0 saturated carbocycles. The third kappa shape index (κ3) is 6.32. The van der Waals surface area contributed by atoms with Crippen LogP contribution in [0.3, 0.4) is 0 Å². The summed E-state index contributed by atoms with van der Waals surface area (Å²) in [4.78, 5) is 12.3. The first-order valence-electron chi connectivity index (χ1n) is 9.79. The van der Waals surface area contributed by atoms with Crippen LogP contribution in [0.2, 0.25) is 0 Å². The van der Waals surface area contributed by atoms with E-state index in [9.17, 15) is 13.6 Å². The van der Waals surface area contributed by atoms with Crippen molar-refractivity contribution in [2.24, 2.45) is 0 Å². The fourth-order valence-electron chi connectivity index (χ4n) is 3.15. The molecule has 1 unspecified atom stereocenters. The van der Waals surface area contributed by atoms with Crippen LogP contribution in [-0.2, 0) is 11.2 Å². The van der Waals surface area contributed by atoms with Crippen molar-refractivity contribution < 1.29 is 32.5 Å². The number of methoxy groups -OCH3 is 1. The van der Waals surface area contributed by atoms with Crippen molar-refractivity contribution in [3.05, 3.63) is 53.6 Å². The smallest absolute Gasteiger partial charge is 0.387 e. The minimum Gasteiger partial charge on any atom is -0.493 e. The first kappa shape index (κ1) is 21.8. The lowest BCUT2D eigenvalue weighted by Crippen LogP contribution is -2.25. The van der Waals surface area contributed by atoms with E-state index in [2.05, 4.69) is 10.1 Å². The SMILES string of the molecule is COc1cc(CCNC(=O)c2ccc(OCC3CCCO3)cc2)ccc1OC(F)F. The molecule has 0 aliphatic carbocycles. The van der Waals surface area contributed by atoms with E-state index in [1.807, 2.05) is 0 Å². The van der Waals surface area contributed by atoms with Crippen molar-refractivity contribution in [3.8, 4) is 17.2 Å². The van der Waals surface area contributed by atoms with Crippen molar-refractivity contribution in [3.63, 3.8) is 0 Å². The van der Waals surface area contributed by atoms with Gasteiger partial charge in [-0.25, -0.2) is 0 Å². The van der Waals surface area contributed by atoms with E-state index in [0.717, 1.165) is 25.0 Å². The number of carbonyl (C=O) groups is 1. The van der Waals surface area contributed by atoms with E-state index in [1.54, 1.807) is 36.4 Å². The van der Waals surface area contributed by atoms with Gasteiger partial charge in [0, 0.05) is 18.7 Å². The van der Waals surface area contributed by atoms with Gasteiger partial charge in [0.25, 0.3) is 5.91 Å². The first-order valence-corrected chi connectivity index (χ1v) is 9.79. The van der Waals surface area contributed by atoms with E-state index in [0.29, 0.717) is 30.9 Å². The molecule has 0 aromatic heterocycles. The lowest BCUT2D eigenvalue weighted by atomic mass is 10.1. The van der Waals surface area contributed by atoms with Gasteiger partial charge in [-0.15, -0.1) is 0 Å². The van der Waals surface area contributed by atoms with Crippen LogP contribution in [0, 0.1) is 0 Å². The van der Waals surface area contributed by atoms with Gasteiger partial charge in [-0.2, -0.15) is 8.78 Å². The molecule has 30 heavy (non-hydrogen) atoms. The summed E-state index contributed by atoms with van der Waals surface area (Å²) in [6.07, 6.45) is 2.73. The second kappa shape index (κ2) is 10.8. The highest BCUT2D eigenvalue weighted by Crippen LogP contribution is 2.29. The van der Waals surface area contributed by atoms with E-state index in [4.69, 9.17) is 14.2 Å². The van der Waals surface area contributed by atoms with E-state index < -0.39 is 6.61 Å². The van der Waals surface area contributed by atoms with Crippen LogP contribution in [0.15, 0.2) is 42.5 Å². The van der Waals surface area contributed by atoms with Gasteiger partial charge in [-0.1, -0.05) is 6.07 Å². The molecule has 1 N–H and O–H groups in total. The van der Waals surface area contributed by atoms with Gasteiger partial charge < -0.3 is 24.3 Å². The normalized spacial score (nSPS) is 15.8. The number of hydrogen-bond acceptors (Lipinski definition) is 5. The highest BCUT2D eigenvalue weighted by Gasteiger charge is 2.16. The number of alkyl halides is 2. The van der Waals surface area contributed by atoms with Crippen LogP contribution < -0.4 is 19.5 Å². The molecule has 1 atom stereocenters. The summed E-state index contributed by atoms with van der Waals surface area (Å²) in [6, 6.07) is 11.6. The zero-order valence-corrected chi connectivity index (χ0v) is 16.7. The number of benzene rings is 2. The van der Waals surface area contributed by atoms with E-state index >= 15 is 0 Å². The monoisotopic (exact) mass is 421 g/mol. The van der Waals surface area contributed by atoms with E-state index in [1.165, 1.54) is 13.2 Å². The Morgan fingerprint density at radius 3 is 2.67 bits per heavy atom. The second-order valence-corrected chi connectivity index (χ2v) is 6.84. The van der Waals surface area contributed by atoms with Crippen LogP contribution in [0.25, 0.3) is 0 Å². The van der Waals surface area contributed by atoms with Crippen molar-refractivity contribution in [1.82, 2.24) is 5.32 Å². The Hall–Kier alpha value is -2.87. The quantitative estimate of drug-likeness (QED) is 0.632. The zero-order valence-electron chi connectivity index (χ0n) is 16.7.